The Hall–Kier alpha value is -3.12. The van der Waals surface area contributed by atoms with Gasteiger partial charge in [-0.25, -0.2) is 9.97 Å². The molecule has 3 heterocycles. The fourth-order valence-corrected chi connectivity index (χ4v) is 4.56. The second kappa shape index (κ2) is 7.54. The summed E-state index contributed by atoms with van der Waals surface area (Å²) in [6.07, 6.45) is 9.52. The molecule has 7 heteroatoms. The van der Waals surface area contributed by atoms with Crippen LogP contribution in [0, 0.1) is 6.92 Å². The number of nitrogen functional groups attached to an aromatic ring is 1. The van der Waals surface area contributed by atoms with Crippen LogP contribution in [0.25, 0.3) is 16.6 Å². The van der Waals surface area contributed by atoms with E-state index in [1.54, 1.807) is 19.5 Å². The van der Waals surface area contributed by atoms with E-state index in [-0.39, 0.29) is 5.92 Å². The number of ether oxygens (including phenoxy) is 1. The van der Waals surface area contributed by atoms with Crippen molar-refractivity contribution in [3.63, 3.8) is 0 Å². The second-order valence-corrected chi connectivity index (χ2v) is 8.51. The van der Waals surface area contributed by atoms with Crippen LogP contribution in [0.1, 0.15) is 54.2 Å². The summed E-state index contributed by atoms with van der Waals surface area (Å²) in [7, 11) is 1.69. The molecule has 1 aliphatic carbocycles. The lowest BCUT2D eigenvalue weighted by molar-refractivity contribution is 0.409. The van der Waals surface area contributed by atoms with Crippen molar-refractivity contribution in [1.29, 1.82) is 0 Å². The number of pyridine rings is 1. The van der Waals surface area contributed by atoms with Crippen LogP contribution in [0.3, 0.4) is 0 Å². The molecule has 0 spiro atoms. The second-order valence-electron chi connectivity index (χ2n) is 8.10. The molecule has 0 saturated heterocycles. The third-order valence-electron chi connectivity index (χ3n) is 6.11. The Morgan fingerprint density at radius 2 is 2.10 bits per heavy atom. The number of aromatic nitrogens is 4. The van der Waals surface area contributed by atoms with Gasteiger partial charge < -0.3 is 10.5 Å². The van der Waals surface area contributed by atoms with E-state index in [1.807, 2.05) is 37.5 Å². The van der Waals surface area contributed by atoms with Crippen molar-refractivity contribution < 1.29 is 4.74 Å². The number of rotatable bonds is 5. The number of benzene rings is 1. The molecule has 31 heavy (non-hydrogen) atoms. The van der Waals surface area contributed by atoms with E-state index >= 15 is 0 Å². The smallest absolute Gasteiger partial charge is 0.149 e. The monoisotopic (exact) mass is 433 g/mol. The first-order valence-corrected chi connectivity index (χ1v) is 10.8. The molecule has 3 aromatic heterocycles. The predicted octanol–water partition coefficient (Wildman–Crippen LogP) is 5.37. The summed E-state index contributed by atoms with van der Waals surface area (Å²) in [6, 6.07) is 5.92. The number of hydrogen-bond donors (Lipinski definition) is 1. The summed E-state index contributed by atoms with van der Waals surface area (Å²) in [5.41, 5.74) is 12.1. The minimum Gasteiger partial charge on any atom is -0.496 e. The maximum Gasteiger partial charge on any atom is 0.149 e. The van der Waals surface area contributed by atoms with Gasteiger partial charge in [-0.1, -0.05) is 24.6 Å². The highest BCUT2D eigenvalue weighted by atomic mass is 35.5. The number of anilines is 1. The molecule has 6 nitrogen and oxygen atoms in total. The number of fused-ring (bicyclic) bond motifs is 1. The van der Waals surface area contributed by atoms with Gasteiger partial charge in [-0.05, 0) is 37.5 Å². The van der Waals surface area contributed by atoms with Crippen molar-refractivity contribution in [2.24, 2.45) is 0 Å². The first-order chi connectivity index (χ1) is 15.0. The zero-order valence-electron chi connectivity index (χ0n) is 17.8. The van der Waals surface area contributed by atoms with E-state index in [1.165, 1.54) is 0 Å². The maximum atomic E-state index is 6.71. The van der Waals surface area contributed by atoms with E-state index in [0.717, 1.165) is 57.9 Å². The largest absolute Gasteiger partial charge is 0.496 e. The average molecular weight is 434 g/mol. The molecule has 1 unspecified atom stereocenters. The van der Waals surface area contributed by atoms with Crippen LogP contribution in [0.2, 0.25) is 5.02 Å². The normalized spacial score (nSPS) is 14.7. The Bertz CT molecular complexity index is 1280. The molecular weight excluding hydrogens is 410 g/mol. The van der Waals surface area contributed by atoms with Gasteiger partial charge in [-0.3, -0.25) is 9.38 Å². The number of nitrogens with two attached hydrogens (primary N) is 1. The third-order valence-corrected chi connectivity index (χ3v) is 6.51. The van der Waals surface area contributed by atoms with Crippen molar-refractivity contribution in [3.8, 4) is 16.9 Å². The predicted molar refractivity (Wildman–Crippen MR) is 123 cm³/mol. The zero-order chi connectivity index (χ0) is 21.7. The van der Waals surface area contributed by atoms with Gasteiger partial charge in [0, 0.05) is 58.3 Å². The first kappa shape index (κ1) is 19.8. The number of halogens is 1. The van der Waals surface area contributed by atoms with E-state index in [9.17, 15) is 0 Å². The Kier molecular flexibility index (Phi) is 4.82. The van der Waals surface area contributed by atoms with Gasteiger partial charge in [0.15, 0.2) is 0 Å². The SMILES string of the molecule is COc1c(C(C)c2nc(C3CC3)c3c(N)nccn23)cc(Cl)c(C)c1-c1cccnc1. The van der Waals surface area contributed by atoms with Crippen LogP contribution >= 0.6 is 11.6 Å². The Morgan fingerprint density at radius 3 is 2.77 bits per heavy atom. The number of imidazole rings is 1. The molecule has 1 atom stereocenters. The average Bonchev–Trinajstić information content (AvgIpc) is 3.55. The van der Waals surface area contributed by atoms with Crippen LogP contribution in [-0.2, 0) is 0 Å². The molecule has 0 bridgehead atoms. The van der Waals surface area contributed by atoms with Crippen molar-refractivity contribution in [2.75, 3.05) is 12.8 Å². The standard InChI is InChI=1S/C24H24ClN5O/c1-13(24-29-20(15-6-7-15)21-23(26)28-9-10-30(21)24)17-11-18(25)14(2)19(22(17)31-3)16-5-4-8-27-12-16/h4-5,8-13,15H,6-7H2,1-3H3,(H2,26,28). The van der Waals surface area contributed by atoms with Crippen LogP contribution in [0.4, 0.5) is 5.82 Å². The molecule has 1 saturated carbocycles. The summed E-state index contributed by atoms with van der Waals surface area (Å²) >= 11 is 6.71. The van der Waals surface area contributed by atoms with Gasteiger partial charge in [-0.15, -0.1) is 0 Å². The lowest BCUT2D eigenvalue weighted by atomic mass is 9.91. The molecule has 2 N–H and O–H groups in total. The van der Waals surface area contributed by atoms with Gasteiger partial charge in [-0.2, -0.15) is 0 Å². The maximum absolute atomic E-state index is 6.71. The van der Waals surface area contributed by atoms with E-state index in [4.69, 9.17) is 27.1 Å². The number of hydrogen-bond acceptors (Lipinski definition) is 5. The topological polar surface area (TPSA) is 78.3 Å². The highest BCUT2D eigenvalue weighted by Gasteiger charge is 2.32. The quantitative estimate of drug-likeness (QED) is 0.457. The lowest BCUT2D eigenvalue weighted by Gasteiger charge is -2.21. The Balaban J connectivity index is 1.73. The molecule has 4 aromatic rings. The molecule has 0 amide bonds. The molecule has 1 aliphatic rings. The van der Waals surface area contributed by atoms with E-state index in [2.05, 4.69) is 21.3 Å². The van der Waals surface area contributed by atoms with Crippen LogP contribution < -0.4 is 10.5 Å². The van der Waals surface area contributed by atoms with Crippen molar-refractivity contribution >= 4 is 22.9 Å². The summed E-state index contributed by atoms with van der Waals surface area (Å²) in [6.45, 7) is 4.13. The highest BCUT2D eigenvalue weighted by molar-refractivity contribution is 6.32. The lowest BCUT2D eigenvalue weighted by Crippen LogP contribution is -2.07. The van der Waals surface area contributed by atoms with Gasteiger partial charge in [0.2, 0.25) is 0 Å². The van der Waals surface area contributed by atoms with E-state index in [0.29, 0.717) is 16.8 Å². The van der Waals surface area contributed by atoms with Gasteiger partial charge >= 0.3 is 0 Å². The Labute approximate surface area is 186 Å². The highest BCUT2D eigenvalue weighted by Crippen LogP contribution is 2.46. The van der Waals surface area contributed by atoms with Crippen molar-refractivity contribution in [1.82, 2.24) is 19.4 Å². The van der Waals surface area contributed by atoms with Crippen molar-refractivity contribution in [3.05, 3.63) is 70.7 Å². The Morgan fingerprint density at radius 1 is 1.29 bits per heavy atom. The molecule has 158 valence electrons. The van der Waals surface area contributed by atoms with Gasteiger partial charge in [0.1, 0.15) is 22.9 Å². The number of methoxy groups -OCH3 is 1. The summed E-state index contributed by atoms with van der Waals surface area (Å²) in [5.74, 6) is 2.58. The van der Waals surface area contributed by atoms with Crippen LogP contribution in [0.5, 0.6) is 5.75 Å². The third kappa shape index (κ3) is 3.22. The summed E-state index contributed by atoms with van der Waals surface area (Å²) in [4.78, 5) is 13.6. The summed E-state index contributed by atoms with van der Waals surface area (Å²) in [5, 5.41) is 0.686. The van der Waals surface area contributed by atoms with Gasteiger partial charge in [0.25, 0.3) is 0 Å². The molecule has 1 aromatic carbocycles. The van der Waals surface area contributed by atoms with Gasteiger partial charge in [0.05, 0.1) is 12.8 Å². The number of nitrogens with zero attached hydrogens (tertiary/aromatic N) is 4. The fraction of sp³-hybridized carbons (Fsp3) is 0.292. The molecule has 5 rings (SSSR count). The minimum absolute atomic E-state index is 0.0785. The van der Waals surface area contributed by atoms with Crippen LogP contribution in [-0.4, -0.2) is 26.5 Å². The molecule has 0 aliphatic heterocycles. The first-order valence-electron chi connectivity index (χ1n) is 10.4. The zero-order valence-corrected chi connectivity index (χ0v) is 18.5. The molecular formula is C24H24ClN5O. The minimum atomic E-state index is -0.0785. The molecule has 0 radical (unpaired) electrons. The molecule has 1 fully saturated rings. The van der Waals surface area contributed by atoms with Crippen LogP contribution in [0.15, 0.2) is 43.0 Å². The van der Waals surface area contributed by atoms with E-state index < -0.39 is 0 Å². The van der Waals surface area contributed by atoms with Crippen molar-refractivity contribution in [2.45, 2.75) is 38.5 Å². The fourth-order valence-electron chi connectivity index (χ4n) is 4.35. The summed E-state index contributed by atoms with van der Waals surface area (Å²) < 4.78 is 8.02.